The molecule has 1 amide bonds. The van der Waals surface area contributed by atoms with Crippen LogP contribution >= 0.6 is 34.8 Å². The Bertz CT molecular complexity index is 580. The van der Waals surface area contributed by atoms with Gasteiger partial charge in [0, 0.05) is 21.3 Å². The number of alkyl carbamates (subject to hydrolysis) is 1. The second kappa shape index (κ2) is 9.56. The molecule has 170 valence electrons. The monoisotopic (exact) mass is 481 g/mol. The predicted molar refractivity (Wildman–Crippen MR) is 102 cm³/mol. The van der Waals surface area contributed by atoms with E-state index in [2.05, 4.69) is 5.32 Å². The molecule has 7 atom stereocenters. The molecule has 0 spiro atoms. The zero-order valence-electron chi connectivity index (χ0n) is 16.6. The molecule has 13 heteroatoms. The maximum Gasteiger partial charge on any atom is 0.407 e. The van der Waals surface area contributed by atoms with Crippen LogP contribution < -0.4 is 5.32 Å². The van der Waals surface area contributed by atoms with Crippen LogP contribution in [0.3, 0.4) is 0 Å². The minimum atomic E-state index is -1.77. The highest BCUT2D eigenvalue weighted by atomic mass is 35.6. The molecule has 0 aliphatic carbocycles. The van der Waals surface area contributed by atoms with E-state index in [4.69, 9.17) is 68.0 Å². The molecule has 0 bridgehead atoms. The van der Waals surface area contributed by atoms with Crippen molar-refractivity contribution in [3.8, 4) is 0 Å². The Morgan fingerprint density at radius 3 is 2.10 bits per heavy atom. The third-order valence-electron chi connectivity index (χ3n) is 5.04. The molecule has 29 heavy (non-hydrogen) atoms. The number of carbonyl (C=O) groups is 1. The SMILES string of the molecule is CO[C@@H]1O[C@H](CO)[C@H]2O[C@](C)(OC)[C@@](C)(OC)O[C@@H]2[C@H]1NC(=O)OCC(Cl)(Cl)Cl. The second-order valence-corrected chi connectivity index (χ2v) is 9.30. The molecule has 10 nitrogen and oxygen atoms in total. The molecule has 0 aromatic rings. The number of hydrogen-bond donors (Lipinski definition) is 2. The van der Waals surface area contributed by atoms with E-state index in [1.165, 1.54) is 21.3 Å². The number of methoxy groups -OCH3 is 3. The normalized spacial score (nSPS) is 40.2. The van der Waals surface area contributed by atoms with Gasteiger partial charge in [0.15, 0.2) is 6.29 Å². The van der Waals surface area contributed by atoms with Gasteiger partial charge in [-0.25, -0.2) is 4.79 Å². The molecule has 2 heterocycles. The molecule has 2 saturated heterocycles. The van der Waals surface area contributed by atoms with Gasteiger partial charge < -0.3 is 43.6 Å². The number of hydrogen-bond acceptors (Lipinski definition) is 9. The zero-order valence-corrected chi connectivity index (χ0v) is 18.9. The van der Waals surface area contributed by atoms with E-state index in [0.29, 0.717) is 0 Å². The standard InChI is InChI=1S/C16H26Cl3NO9/c1-14(24-4)15(2,25-5)29-11-9(20-13(22)26-7-16(17,18)19)12(23-3)27-8(6-21)10(11)28-14/h8-12,21H,6-7H2,1-5H3,(H,20,22)/t8-,9-,10-,11-,12-,14+,15+/m1/s1. The van der Waals surface area contributed by atoms with E-state index in [0.717, 1.165) is 0 Å². The van der Waals surface area contributed by atoms with Crippen molar-refractivity contribution in [2.75, 3.05) is 34.5 Å². The van der Waals surface area contributed by atoms with Crippen LogP contribution in [0.25, 0.3) is 0 Å². The molecule has 2 aliphatic rings. The molecule has 2 aliphatic heterocycles. The summed E-state index contributed by atoms with van der Waals surface area (Å²) < 4.78 is 37.4. The van der Waals surface area contributed by atoms with Crippen molar-refractivity contribution in [1.82, 2.24) is 5.32 Å². The fourth-order valence-electron chi connectivity index (χ4n) is 3.21. The minimum Gasteiger partial charge on any atom is -0.445 e. The van der Waals surface area contributed by atoms with Crippen molar-refractivity contribution in [2.45, 2.75) is 59.9 Å². The summed E-state index contributed by atoms with van der Waals surface area (Å²) in [5.41, 5.74) is 0. The van der Waals surface area contributed by atoms with Crippen molar-refractivity contribution >= 4 is 40.9 Å². The van der Waals surface area contributed by atoms with Gasteiger partial charge in [0.05, 0.1) is 6.61 Å². The Morgan fingerprint density at radius 2 is 1.66 bits per heavy atom. The number of rotatable bonds is 6. The van der Waals surface area contributed by atoms with Crippen LogP contribution in [0.5, 0.6) is 0 Å². The van der Waals surface area contributed by atoms with Crippen molar-refractivity contribution in [3.05, 3.63) is 0 Å². The second-order valence-electron chi connectivity index (χ2n) is 6.79. The van der Waals surface area contributed by atoms with E-state index >= 15 is 0 Å². The molecule has 2 fully saturated rings. The summed E-state index contributed by atoms with van der Waals surface area (Å²) in [6, 6.07) is -0.911. The highest BCUT2D eigenvalue weighted by Crippen LogP contribution is 2.43. The summed E-state index contributed by atoms with van der Waals surface area (Å²) in [7, 11) is 4.23. The van der Waals surface area contributed by atoms with E-state index in [1.807, 2.05) is 0 Å². The first-order valence-electron chi connectivity index (χ1n) is 8.68. The molecular weight excluding hydrogens is 457 g/mol. The van der Waals surface area contributed by atoms with Crippen molar-refractivity contribution in [1.29, 1.82) is 0 Å². The fourth-order valence-corrected chi connectivity index (χ4v) is 3.38. The van der Waals surface area contributed by atoms with Gasteiger partial charge in [-0.3, -0.25) is 0 Å². The summed E-state index contributed by atoms with van der Waals surface area (Å²) >= 11 is 16.8. The van der Waals surface area contributed by atoms with Gasteiger partial charge in [-0.1, -0.05) is 34.8 Å². The molecule has 0 aromatic carbocycles. The molecule has 2 N–H and O–H groups in total. The van der Waals surface area contributed by atoms with Crippen molar-refractivity contribution in [3.63, 3.8) is 0 Å². The molecule has 2 rings (SSSR count). The Labute approximate surface area is 183 Å². The summed E-state index contributed by atoms with van der Waals surface area (Å²) in [6.45, 7) is 2.38. The number of alkyl halides is 3. The number of ether oxygens (including phenoxy) is 7. The fraction of sp³-hybridized carbons (Fsp3) is 0.938. The first kappa shape index (κ1) is 25.1. The molecule has 0 aromatic heterocycles. The summed E-state index contributed by atoms with van der Waals surface area (Å²) in [4.78, 5) is 12.2. The van der Waals surface area contributed by atoms with E-state index in [9.17, 15) is 9.90 Å². The van der Waals surface area contributed by atoms with Crippen LogP contribution in [0.15, 0.2) is 0 Å². The van der Waals surface area contributed by atoms with Crippen LogP contribution in [-0.4, -0.2) is 91.8 Å². The maximum absolute atomic E-state index is 12.2. The van der Waals surface area contributed by atoms with Gasteiger partial charge in [0.1, 0.15) is 31.0 Å². The van der Waals surface area contributed by atoms with Gasteiger partial charge in [0.25, 0.3) is 0 Å². The van der Waals surface area contributed by atoms with E-state index in [1.54, 1.807) is 13.8 Å². The van der Waals surface area contributed by atoms with Crippen LogP contribution in [0.4, 0.5) is 4.79 Å². The molecule has 0 unspecified atom stereocenters. The van der Waals surface area contributed by atoms with Gasteiger partial charge >= 0.3 is 6.09 Å². The van der Waals surface area contributed by atoms with Gasteiger partial charge in [0.2, 0.25) is 15.4 Å². The lowest BCUT2D eigenvalue weighted by Crippen LogP contribution is -2.75. The third kappa shape index (κ3) is 5.38. The van der Waals surface area contributed by atoms with Gasteiger partial charge in [-0.15, -0.1) is 0 Å². The highest BCUT2D eigenvalue weighted by molar-refractivity contribution is 6.67. The number of carbonyl (C=O) groups excluding carboxylic acids is 1. The summed E-state index contributed by atoms with van der Waals surface area (Å²) in [5, 5.41) is 12.3. The van der Waals surface area contributed by atoms with Crippen molar-refractivity contribution in [2.24, 2.45) is 0 Å². The summed E-state index contributed by atoms with van der Waals surface area (Å²) in [6.07, 6.45) is -4.41. The van der Waals surface area contributed by atoms with Crippen molar-refractivity contribution < 1.29 is 43.1 Å². The maximum atomic E-state index is 12.2. The Balaban J connectivity index is 2.29. The smallest absolute Gasteiger partial charge is 0.407 e. The number of aliphatic hydroxyl groups excluding tert-OH is 1. The van der Waals surface area contributed by atoms with E-state index < -0.39 is 65.3 Å². The first-order valence-corrected chi connectivity index (χ1v) is 9.82. The Hall–Kier alpha value is -0.140. The van der Waals surface area contributed by atoms with E-state index in [-0.39, 0.29) is 0 Å². The van der Waals surface area contributed by atoms with Crippen LogP contribution in [0.2, 0.25) is 0 Å². The number of halogens is 3. The number of amides is 1. The lowest BCUT2D eigenvalue weighted by molar-refractivity contribution is -0.471. The largest absolute Gasteiger partial charge is 0.445 e. The molecular formula is C16H26Cl3NO9. The number of aliphatic hydroxyl groups is 1. The first-order chi connectivity index (χ1) is 13.4. The van der Waals surface area contributed by atoms with Gasteiger partial charge in [-0.05, 0) is 13.8 Å². The Morgan fingerprint density at radius 1 is 1.10 bits per heavy atom. The topological polar surface area (TPSA) is 114 Å². The summed E-state index contributed by atoms with van der Waals surface area (Å²) in [5.74, 6) is -2.69. The van der Waals surface area contributed by atoms with Crippen LogP contribution in [-0.2, 0) is 33.2 Å². The van der Waals surface area contributed by atoms with Crippen LogP contribution in [0.1, 0.15) is 13.8 Å². The van der Waals surface area contributed by atoms with Gasteiger partial charge in [-0.2, -0.15) is 0 Å². The quantitative estimate of drug-likeness (QED) is 0.541. The highest BCUT2D eigenvalue weighted by Gasteiger charge is 2.62. The van der Waals surface area contributed by atoms with Crippen LogP contribution in [0, 0.1) is 0 Å². The Kier molecular flexibility index (Phi) is 8.28. The lowest BCUT2D eigenvalue weighted by Gasteiger charge is -2.57. The molecule has 0 saturated carbocycles. The average Bonchev–Trinajstić information content (AvgIpc) is 2.67. The minimum absolute atomic E-state index is 0.391. The molecule has 0 radical (unpaired) electrons. The number of nitrogens with one attached hydrogen (secondary N) is 1. The predicted octanol–water partition coefficient (Wildman–Crippen LogP) is 1.32. The lowest BCUT2D eigenvalue weighted by atomic mass is 9.92. The average molecular weight is 483 g/mol. The zero-order chi connectivity index (χ0) is 22.0. The third-order valence-corrected chi connectivity index (χ3v) is 5.36. The number of fused-ring (bicyclic) bond motifs is 1.